The molecule has 0 aromatic heterocycles. The average molecular weight is 467 g/mol. The quantitative estimate of drug-likeness (QED) is 0.504. The third kappa shape index (κ3) is 6.24. The molecule has 2 aliphatic heterocycles. The van der Waals surface area contributed by atoms with Crippen LogP contribution < -0.4 is 0 Å². The summed E-state index contributed by atoms with van der Waals surface area (Å²) in [5.41, 5.74) is 4.72. The minimum Gasteiger partial charge on any atom is -0.343 e. The molecular formula is C28H35ClN2O2. The highest BCUT2D eigenvalue weighted by Gasteiger charge is 2.24. The van der Waals surface area contributed by atoms with E-state index in [4.69, 9.17) is 11.6 Å². The highest BCUT2D eigenvalue weighted by Crippen LogP contribution is 2.29. The molecular weight excluding hydrogens is 432 g/mol. The molecule has 1 saturated heterocycles. The molecule has 1 amide bonds. The van der Waals surface area contributed by atoms with Gasteiger partial charge in [-0.1, -0.05) is 42.8 Å². The van der Waals surface area contributed by atoms with Gasteiger partial charge in [0.05, 0.1) is 0 Å². The normalized spacial score (nSPS) is 17.5. The minimum absolute atomic E-state index is 0.0804. The maximum absolute atomic E-state index is 12.8. The monoisotopic (exact) mass is 466 g/mol. The molecule has 2 aromatic rings. The van der Waals surface area contributed by atoms with E-state index in [0.29, 0.717) is 12.3 Å². The van der Waals surface area contributed by atoms with Crippen molar-refractivity contribution >= 4 is 23.3 Å². The van der Waals surface area contributed by atoms with Crippen LogP contribution >= 0.6 is 11.6 Å². The molecule has 0 bridgehead atoms. The molecule has 0 spiro atoms. The summed E-state index contributed by atoms with van der Waals surface area (Å²) in [5, 5.41) is 0.754. The molecule has 0 atom stereocenters. The number of carbonyl (C=O) groups is 2. The molecule has 0 radical (unpaired) electrons. The van der Waals surface area contributed by atoms with Gasteiger partial charge in [-0.05, 0) is 79.5 Å². The summed E-state index contributed by atoms with van der Waals surface area (Å²) in [5.74, 6) is 0.653. The second-order valence-corrected chi connectivity index (χ2v) is 9.89. The third-order valence-electron chi connectivity index (χ3n) is 7.22. The lowest BCUT2D eigenvalue weighted by Crippen LogP contribution is -2.38. The maximum atomic E-state index is 12.8. The van der Waals surface area contributed by atoms with Gasteiger partial charge < -0.3 is 9.80 Å². The van der Waals surface area contributed by atoms with Gasteiger partial charge in [-0.3, -0.25) is 9.59 Å². The van der Waals surface area contributed by atoms with E-state index in [1.165, 1.54) is 23.1 Å². The lowest BCUT2D eigenvalue weighted by atomic mass is 9.89. The van der Waals surface area contributed by atoms with Gasteiger partial charge in [0.2, 0.25) is 5.91 Å². The molecule has 0 N–H and O–H groups in total. The molecule has 5 heteroatoms. The Balaban J connectivity index is 1.26. The summed E-state index contributed by atoms with van der Waals surface area (Å²) in [6.45, 7) is 7.03. The third-order valence-corrected chi connectivity index (χ3v) is 7.47. The first-order chi connectivity index (χ1) is 16.0. The Morgan fingerprint density at radius 3 is 2.30 bits per heavy atom. The second-order valence-electron chi connectivity index (χ2n) is 9.45. The summed E-state index contributed by atoms with van der Waals surface area (Å²) < 4.78 is 0. The van der Waals surface area contributed by atoms with Crippen LogP contribution in [0, 0.1) is 0 Å². The average Bonchev–Trinajstić information content (AvgIpc) is 3.05. The fraction of sp³-hybridized carbons (Fsp3) is 0.500. The number of rotatable bonds is 7. The number of nitrogens with zero attached hydrogens (tertiary/aromatic N) is 2. The predicted octanol–water partition coefficient (Wildman–Crippen LogP) is 5.52. The van der Waals surface area contributed by atoms with E-state index in [1.54, 1.807) is 0 Å². The molecule has 2 aromatic carbocycles. The Morgan fingerprint density at radius 2 is 1.61 bits per heavy atom. The number of ketones is 1. The van der Waals surface area contributed by atoms with Crippen molar-refractivity contribution in [2.45, 2.75) is 57.8 Å². The van der Waals surface area contributed by atoms with Crippen LogP contribution in [0.5, 0.6) is 0 Å². The number of halogens is 1. The van der Waals surface area contributed by atoms with Crippen molar-refractivity contribution in [3.8, 4) is 0 Å². The molecule has 1 fully saturated rings. The molecule has 4 nitrogen and oxygen atoms in total. The van der Waals surface area contributed by atoms with Gasteiger partial charge in [-0.15, -0.1) is 0 Å². The number of piperidine rings is 1. The van der Waals surface area contributed by atoms with Gasteiger partial charge in [0, 0.05) is 49.6 Å². The van der Waals surface area contributed by atoms with Gasteiger partial charge in [0.15, 0.2) is 5.78 Å². The van der Waals surface area contributed by atoms with Crippen molar-refractivity contribution in [2.24, 2.45) is 0 Å². The van der Waals surface area contributed by atoms with E-state index in [0.717, 1.165) is 69.0 Å². The van der Waals surface area contributed by atoms with Crippen molar-refractivity contribution in [2.75, 3.05) is 32.7 Å². The number of carbonyl (C=O) groups excluding carboxylic acids is 2. The topological polar surface area (TPSA) is 40.6 Å². The van der Waals surface area contributed by atoms with Crippen LogP contribution in [-0.2, 0) is 17.6 Å². The highest BCUT2D eigenvalue weighted by atomic mass is 35.5. The first kappa shape index (κ1) is 24.0. The predicted molar refractivity (Wildman–Crippen MR) is 134 cm³/mol. The molecule has 176 valence electrons. The van der Waals surface area contributed by atoms with Crippen LogP contribution in [0.2, 0.25) is 5.02 Å². The van der Waals surface area contributed by atoms with Gasteiger partial charge in [-0.2, -0.15) is 0 Å². The van der Waals surface area contributed by atoms with E-state index >= 15 is 0 Å². The zero-order chi connectivity index (χ0) is 23.2. The summed E-state index contributed by atoms with van der Waals surface area (Å²) >= 11 is 6.00. The summed E-state index contributed by atoms with van der Waals surface area (Å²) in [6.07, 6.45) is 5.73. The molecule has 33 heavy (non-hydrogen) atoms. The van der Waals surface area contributed by atoms with Gasteiger partial charge in [0.25, 0.3) is 0 Å². The van der Waals surface area contributed by atoms with Gasteiger partial charge in [-0.25, -0.2) is 0 Å². The van der Waals surface area contributed by atoms with E-state index in [1.807, 2.05) is 23.1 Å². The smallest absolute Gasteiger partial charge is 0.223 e. The van der Waals surface area contributed by atoms with Crippen molar-refractivity contribution in [3.05, 3.63) is 69.7 Å². The molecule has 2 heterocycles. The molecule has 2 aliphatic rings. The van der Waals surface area contributed by atoms with Gasteiger partial charge in [0.1, 0.15) is 0 Å². The standard InChI is InChI=1S/C28H35ClN2O2/c1-2-15-30-16-11-22-3-4-25(20-24(22)12-17-30)27(32)9-10-28(33)31-18-13-23(14-19-31)21-5-7-26(29)8-6-21/h3-8,20,23H,2,9-19H2,1H3. The van der Waals surface area contributed by atoms with E-state index in [-0.39, 0.29) is 18.1 Å². The Kier molecular flexibility index (Phi) is 8.21. The number of fused-ring (bicyclic) bond motifs is 1. The Hall–Kier alpha value is -2.17. The largest absolute Gasteiger partial charge is 0.343 e. The fourth-order valence-electron chi connectivity index (χ4n) is 5.20. The number of likely N-dealkylation sites (tertiary alicyclic amines) is 1. The van der Waals surface area contributed by atoms with Crippen LogP contribution in [0.25, 0.3) is 0 Å². The number of Topliss-reactive ketones (excluding diaryl/α,β-unsaturated/α-hetero) is 1. The summed E-state index contributed by atoms with van der Waals surface area (Å²) in [7, 11) is 0. The maximum Gasteiger partial charge on any atom is 0.223 e. The van der Waals surface area contributed by atoms with E-state index in [2.05, 4.69) is 36.1 Å². The number of hydrogen-bond donors (Lipinski definition) is 0. The van der Waals surface area contributed by atoms with Crippen LogP contribution in [0.1, 0.15) is 72.0 Å². The Morgan fingerprint density at radius 1 is 0.909 bits per heavy atom. The van der Waals surface area contributed by atoms with Crippen LogP contribution in [0.3, 0.4) is 0 Å². The highest BCUT2D eigenvalue weighted by molar-refractivity contribution is 6.30. The molecule has 0 aliphatic carbocycles. The zero-order valence-corrected chi connectivity index (χ0v) is 20.4. The van der Waals surface area contributed by atoms with Crippen molar-refractivity contribution in [1.29, 1.82) is 0 Å². The van der Waals surface area contributed by atoms with Crippen molar-refractivity contribution in [1.82, 2.24) is 9.80 Å². The van der Waals surface area contributed by atoms with Crippen molar-refractivity contribution < 1.29 is 9.59 Å². The van der Waals surface area contributed by atoms with Crippen LogP contribution in [0.15, 0.2) is 42.5 Å². The fourth-order valence-corrected chi connectivity index (χ4v) is 5.33. The zero-order valence-electron chi connectivity index (χ0n) is 19.7. The SMILES string of the molecule is CCCN1CCc2ccc(C(=O)CCC(=O)N3CCC(c4ccc(Cl)cc4)CC3)cc2CC1. The Bertz CT molecular complexity index is 964. The molecule has 0 saturated carbocycles. The lowest BCUT2D eigenvalue weighted by molar-refractivity contribution is -0.132. The second kappa shape index (κ2) is 11.3. The first-order valence-electron chi connectivity index (χ1n) is 12.4. The lowest BCUT2D eigenvalue weighted by Gasteiger charge is -2.32. The number of hydrogen-bond acceptors (Lipinski definition) is 3. The number of amides is 1. The van der Waals surface area contributed by atoms with Crippen molar-refractivity contribution in [3.63, 3.8) is 0 Å². The Labute approximate surface area is 202 Å². The molecule has 0 unspecified atom stereocenters. The summed E-state index contributed by atoms with van der Waals surface area (Å²) in [6, 6.07) is 14.2. The van der Waals surface area contributed by atoms with Crippen LogP contribution in [0.4, 0.5) is 0 Å². The number of benzene rings is 2. The molecule has 4 rings (SSSR count). The van der Waals surface area contributed by atoms with Gasteiger partial charge >= 0.3 is 0 Å². The minimum atomic E-state index is 0.0804. The van der Waals surface area contributed by atoms with Crippen LogP contribution in [-0.4, -0.2) is 54.2 Å². The van der Waals surface area contributed by atoms with E-state index in [9.17, 15) is 9.59 Å². The summed E-state index contributed by atoms with van der Waals surface area (Å²) in [4.78, 5) is 30.0. The van der Waals surface area contributed by atoms with E-state index < -0.39 is 0 Å². The first-order valence-corrected chi connectivity index (χ1v) is 12.8.